The van der Waals surface area contributed by atoms with Crippen LogP contribution < -0.4 is 5.73 Å². The van der Waals surface area contributed by atoms with Gasteiger partial charge in [0.05, 0.1) is 5.69 Å². The zero-order valence-electron chi connectivity index (χ0n) is 10.8. The first-order chi connectivity index (χ1) is 9.28. The predicted octanol–water partition coefficient (Wildman–Crippen LogP) is 2.34. The van der Waals surface area contributed by atoms with Crippen LogP contribution in [-0.2, 0) is 19.4 Å². The fourth-order valence-electron chi connectivity index (χ4n) is 2.15. The third kappa shape index (κ3) is 2.39. The molecule has 0 saturated heterocycles. The lowest BCUT2D eigenvalue weighted by Gasteiger charge is -2.02. The van der Waals surface area contributed by atoms with Gasteiger partial charge in [0.1, 0.15) is 0 Å². The average Bonchev–Trinajstić information content (AvgIpc) is 2.97. The molecule has 2 N–H and O–H groups in total. The summed E-state index contributed by atoms with van der Waals surface area (Å²) in [6.45, 7) is 2.64. The Bertz CT molecular complexity index is 698. The van der Waals surface area contributed by atoms with E-state index in [1.54, 1.807) is 11.3 Å². The lowest BCUT2D eigenvalue weighted by molar-refractivity contribution is 0.803. The first-order valence-corrected chi connectivity index (χ1v) is 7.22. The predicted molar refractivity (Wildman–Crippen MR) is 77.3 cm³/mol. The molecule has 4 nitrogen and oxygen atoms in total. The Morgan fingerprint density at radius 3 is 2.89 bits per heavy atom. The molecule has 0 fully saturated rings. The fourth-order valence-corrected chi connectivity index (χ4v) is 3.00. The molecule has 0 amide bonds. The van der Waals surface area contributed by atoms with Gasteiger partial charge in [-0.1, -0.05) is 24.3 Å². The van der Waals surface area contributed by atoms with Gasteiger partial charge in [-0.25, -0.2) is 9.50 Å². The minimum Gasteiger partial charge on any atom is -0.325 e. The Balaban J connectivity index is 1.78. The van der Waals surface area contributed by atoms with Crippen LogP contribution in [0.2, 0.25) is 0 Å². The van der Waals surface area contributed by atoms with Crippen molar-refractivity contribution in [1.82, 2.24) is 14.6 Å². The zero-order valence-corrected chi connectivity index (χ0v) is 11.7. The molecule has 2 heterocycles. The van der Waals surface area contributed by atoms with Crippen LogP contribution in [0.5, 0.6) is 0 Å². The molecular formula is C14H16N4S. The van der Waals surface area contributed by atoms with E-state index in [0.29, 0.717) is 6.54 Å². The van der Waals surface area contributed by atoms with Crippen molar-refractivity contribution in [1.29, 1.82) is 0 Å². The van der Waals surface area contributed by atoms with Gasteiger partial charge >= 0.3 is 0 Å². The number of aromatic nitrogens is 3. The summed E-state index contributed by atoms with van der Waals surface area (Å²) in [5.74, 6) is 0.893. The number of hydrogen-bond acceptors (Lipinski definition) is 4. The number of hydrogen-bond donors (Lipinski definition) is 1. The van der Waals surface area contributed by atoms with Gasteiger partial charge in [0.15, 0.2) is 5.82 Å². The average molecular weight is 272 g/mol. The molecule has 0 bridgehead atoms. The number of nitrogens with zero attached hydrogens (tertiary/aromatic N) is 3. The van der Waals surface area contributed by atoms with Crippen molar-refractivity contribution in [3.05, 3.63) is 52.3 Å². The van der Waals surface area contributed by atoms with Gasteiger partial charge in [-0.2, -0.15) is 5.10 Å². The van der Waals surface area contributed by atoms with E-state index in [9.17, 15) is 0 Å². The summed E-state index contributed by atoms with van der Waals surface area (Å²) in [5.41, 5.74) is 9.38. The van der Waals surface area contributed by atoms with Crippen molar-refractivity contribution in [3.8, 4) is 0 Å². The summed E-state index contributed by atoms with van der Waals surface area (Å²) in [6.07, 6.45) is 1.84. The van der Waals surface area contributed by atoms with Crippen LogP contribution in [0.15, 0.2) is 29.6 Å². The maximum Gasteiger partial charge on any atom is 0.212 e. The molecule has 19 heavy (non-hydrogen) atoms. The molecular weight excluding hydrogens is 256 g/mol. The monoisotopic (exact) mass is 272 g/mol. The van der Waals surface area contributed by atoms with E-state index in [2.05, 4.69) is 41.3 Å². The highest BCUT2D eigenvalue weighted by Crippen LogP contribution is 2.15. The number of fused-ring (bicyclic) bond motifs is 1. The summed E-state index contributed by atoms with van der Waals surface area (Å²) >= 11 is 1.59. The van der Waals surface area contributed by atoms with E-state index in [0.717, 1.165) is 29.3 Å². The van der Waals surface area contributed by atoms with Crippen LogP contribution in [0.3, 0.4) is 0 Å². The Labute approximate surface area is 115 Å². The SMILES string of the molecule is Cc1ccccc1CCc1nc2scc(CN)n2n1. The molecule has 3 rings (SSSR count). The highest BCUT2D eigenvalue weighted by atomic mass is 32.1. The minimum absolute atomic E-state index is 0.501. The number of rotatable bonds is 4. The normalized spacial score (nSPS) is 11.3. The van der Waals surface area contributed by atoms with Crippen LogP contribution in [-0.4, -0.2) is 14.6 Å². The highest BCUT2D eigenvalue weighted by Gasteiger charge is 2.09. The van der Waals surface area contributed by atoms with Crippen molar-refractivity contribution in [2.75, 3.05) is 0 Å². The van der Waals surface area contributed by atoms with E-state index in [1.807, 2.05) is 9.90 Å². The van der Waals surface area contributed by atoms with Crippen molar-refractivity contribution < 1.29 is 0 Å². The van der Waals surface area contributed by atoms with Crippen LogP contribution >= 0.6 is 11.3 Å². The van der Waals surface area contributed by atoms with Crippen molar-refractivity contribution >= 4 is 16.3 Å². The molecule has 0 atom stereocenters. The molecule has 2 aromatic heterocycles. The summed E-state index contributed by atoms with van der Waals surface area (Å²) in [5, 5.41) is 6.54. The third-order valence-electron chi connectivity index (χ3n) is 3.28. The maximum atomic E-state index is 5.67. The van der Waals surface area contributed by atoms with E-state index < -0.39 is 0 Å². The number of aryl methyl sites for hydroxylation is 3. The van der Waals surface area contributed by atoms with Crippen LogP contribution in [0.1, 0.15) is 22.6 Å². The van der Waals surface area contributed by atoms with E-state index in [-0.39, 0.29) is 0 Å². The maximum absolute atomic E-state index is 5.67. The molecule has 0 radical (unpaired) electrons. The largest absolute Gasteiger partial charge is 0.325 e. The molecule has 0 aliphatic heterocycles. The summed E-state index contributed by atoms with van der Waals surface area (Å²) < 4.78 is 1.86. The molecule has 98 valence electrons. The fraction of sp³-hybridized carbons (Fsp3) is 0.286. The molecule has 3 aromatic rings. The van der Waals surface area contributed by atoms with Gasteiger partial charge in [0.25, 0.3) is 0 Å². The molecule has 0 aliphatic rings. The second kappa shape index (κ2) is 5.11. The second-order valence-corrected chi connectivity index (χ2v) is 5.42. The van der Waals surface area contributed by atoms with Crippen molar-refractivity contribution in [2.24, 2.45) is 5.73 Å². The molecule has 0 saturated carbocycles. The van der Waals surface area contributed by atoms with E-state index >= 15 is 0 Å². The van der Waals surface area contributed by atoms with Gasteiger partial charge < -0.3 is 5.73 Å². The topological polar surface area (TPSA) is 56.2 Å². The Hall–Kier alpha value is -1.72. The van der Waals surface area contributed by atoms with Crippen molar-refractivity contribution in [3.63, 3.8) is 0 Å². The molecule has 1 aromatic carbocycles. The standard InChI is InChI=1S/C14H16N4S/c1-10-4-2-3-5-11(10)6-7-13-16-14-18(17-13)12(8-15)9-19-14/h2-5,9H,6-8,15H2,1H3. The summed E-state index contributed by atoms with van der Waals surface area (Å²) in [7, 11) is 0. The van der Waals surface area contributed by atoms with Gasteiger partial charge in [0, 0.05) is 18.3 Å². The van der Waals surface area contributed by atoms with Crippen LogP contribution in [0.25, 0.3) is 4.96 Å². The smallest absolute Gasteiger partial charge is 0.212 e. The zero-order chi connectivity index (χ0) is 13.2. The number of thiazole rings is 1. The molecule has 0 spiro atoms. The van der Waals surface area contributed by atoms with E-state index in [1.165, 1.54) is 11.1 Å². The summed E-state index contributed by atoms with van der Waals surface area (Å²) in [6, 6.07) is 8.45. The minimum atomic E-state index is 0.501. The Morgan fingerprint density at radius 1 is 1.26 bits per heavy atom. The lowest BCUT2D eigenvalue weighted by atomic mass is 10.0. The lowest BCUT2D eigenvalue weighted by Crippen LogP contribution is -2.02. The quantitative estimate of drug-likeness (QED) is 0.793. The van der Waals surface area contributed by atoms with Crippen LogP contribution in [0, 0.1) is 6.92 Å². The van der Waals surface area contributed by atoms with Gasteiger partial charge in [0.2, 0.25) is 4.96 Å². The number of benzene rings is 1. The molecule has 5 heteroatoms. The Kier molecular flexibility index (Phi) is 3.31. The van der Waals surface area contributed by atoms with Gasteiger partial charge in [-0.15, -0.1) is 11.3 Å². The third-order valence-corrected chi connectivity index (χ3v) is 4.15. The van der Waals surface area contributed by atoms with Gasteiger partial charge in [-0.3, -0.25) is 0 Å². The van der Waals surface area contributed by atoms with Crippen LogP contribution in [0.4, 0.5) is 0 Å². The first kappa shape index (κ1) is 12.3. The Morgan fingerprint density at radius 2 is 2.11 bits per heavy atom. The molecule has 0 unspecified atom stereocenters. The summed E-state index contributed by atoms with van der Waals surface area (Å²) in [4.78, 5) is 5.47. The number of nitrogens with two attached hydrogens (primary N) is 1. The van der Waals surface area contributed by atoms with Crippen molar-refractivity contribution in [2.45, 2.75) is 26.3 Å². The first-order valence-electron chi connectivity index (χ1n) is 6.34. The van der Waals surface area contributed by atoms with Gasteiger partial charge in [-0.05, 0) is 24.5 Å². The van der Waals surface area contributed by atoms with E-state index in [4.69, 9.17) is 5.73 Å². The molecule has 0 aliphatic carbocycles. The second-order valence-electron chi connectivity index (χ2n) is 4.58. The highest BCUT2D eigenvalue weighted by molar-refractivity contribution is 7.15.